The summed E-state index contributed by atoms with van der Waals surface area (Å²) in [6.07, 6.45) is -1.28. The summed E-state index contributed by atoms with van der Waals surface area (Å²) in [6.45, 7) is 0. The van der Waals surface area contributed by atoms with Crippen LogP contribution in [0, 0.1) is 0 Å². The van der Waals surface area contributed by atoms with Gasteiger partial charge in [-0.15, -0.1) is 0 Å². The predicted octanol–water partition coefficient (Wildman–Crippen LogP) is 3.38. The lowest BCUT2D eigenvalue weighted by molar-refractivity contribution is -0.155. The number of nitrogens with one attached hydrogen (secondary N) is 1. The fraction of sp³-hybridized carbons (Fsp3) is 0.0870. The largest absolute Gasteiger partial charge is 0.447 e. The van der Waals surface area contributed by atoms with Crippen molar-refractivity contribution in [2.24, 2.45) is 5.73 Å². The second-order valence-corrected chi connectivity index (χ2v) is 6.37. The van der Waals surface area contributed by atoms with E-state index in [4.69, 9.17) is 10.5 Å². The average Bonchev–Trinajstić information content (AvgIpc) is 2.73. The lowest BCUT2D eigenvalue weighted by Crippen LogP contribution is -2.39. The number of primary amides is 1. The van der Waals surface area contributed by atoms with Crippen molar-refractivity contribution in [3.8, 4) is 11.1 Å². The van der Waals surface area contributed by atoms with E-state index in [2.05, 4.69) is 0 Å². The van der Waals surface area contributed by atoms with Crippen molar-refractivity contribution in [1.82, 2.24) is 5.32 Å². The summed E-state index contributed by atoms with van der Waals surface area (Å²) in [7, 11) is 0. The number of carbonyl (C=O) groups is 3. The van der Waals surface area contributed by atoms with Crippen LogP contribution in [0.5, 0.6) is 0 Å². The molecule has 0 aliphatic rings. The van der Waals surface area contributed by atoms with Gasteiger partial charge in [0.25, 0.3) is 5.91 Å². The highest BCUT2D eigenvalue weighted by Gasteiger charge is 2.26. The third-order valence-corrected chi connectivity index (χ3v) is 4.25. The van der Waals surface area contributed by atoms with Gasteiger partial charge >= 0.3 is 12.0 Å². The summed E-state index contributed by atoms with van der Waals surface area (Å²) in [6, 6.07) is 24.8. The molecule has 0 aromatic heterocycles. The number of esters is 1. The Morgan fingerprint density at radius 2 is 1.34 bits per heavy atom. The Morgan fingerprint density at radius 3 is 1.93 bits per heavy atom. The molecule has 3 N–H and O–H groups in total. The van der Waals surface area contributed by atoms with Gasteiger partial charge < -0.3 is 10.5 Å². The van der Waals surface area contributed by atoms with Crippen LogP contribution in [0.2, 0.25) is 0 Å². The number of hydrogen-bond donors (Lipinski definition) is 2. The first-order valence-electron chi connectivity index (χ1n) is 9.02. The number of amides is 3. The number of ether oxygens (including phenoxy) is 1. The van der Waals surface area contributed by atoms with Crippen molar-refractivity contribution in [2.75, 3.05) is 0 Å². The normalized spacial score (nSPS) is 11.3. The second-order valence-electron chi connectivity index (χ2n) is 6.37. The Kier molecular flexibility index (Phi) is 6.37. The molecule has 0 spiro atoms. The van der Waals surface area contributed by atoms with Crippen LogP contribution in [0.4, 0.5) is 4.79 Å². The molecule has 0 heterocycles. The minimum Gasteiger partial charge on any atom is -0.447 e. The van der Waals surface area contributed by atoms with Crippen molar-refractivity contribution in [3.63, 3.8) is 0 Å². The third kappa shape index (κ3) is 5.52. The summed E-state index contributed by atoms with van der Waals surface area (Å²) in [5, 5.41) is 1.96. The topological polar surface area (TPSA) is 98.5 Å². The first-order valence-corrected chi connectivity index (χ1v) is 9.02. The van der Waals surface area contributed by atoms with E-state index in [1.165, 1.54) is 0 Å². The molecule has 146 valence electrons. The van der Waals surface area contributed by atoms with Gasteiger partial charge in [0, 0.05) is 5.56 Å². The average molecular weight is 388 g/mol. The number of benzene rings is 3. The maximum absolute atomic E-state index is 12.4. The number of imide groups is 1. The molecule has 0 bridgehead atoms. The molecule has 29 heavy (non-hydrogen) atoms. The molecule has 6 nitrogen and oxygen atoms in total. The molecule has 3 amide bonds. The SMILES string of the molecule is NC(=O)NC(=O)[C@@H](OC(=O)Cc1ccc(-c2ccccc2)cc1)c1ccccc1. The standard InChI is InChI=1S/C23H20N2O4/c24-23(28)25-22(27)21(19-9-5-2-6-10-19)29-20(26)15-16-11-13-18(14-12-16)17-7-3-1-4-8-17/h1-14,21H,15H2,(H3,24,25,27,28)/t21-/m0/s1. The zero-order valence-electron chi connectivity index (χ0n) is 15.6. The maximum atomic E-state index is 12.4. The monoisotopic (exact) mass is 388 g/mol. The minimum absolute atomic E-state index is 0.0117. The van der Waals surface area contributed by atoms with Crippen LogP contribution in [-0.2, 0) is 20.7 Å². The Labute approximate surface area is 168 Å². The predicted molar refractivity (Wildman–Crippen MR) is 109 cm³/mol. The summed E-state index contributed by atoms with van der Waals surface area (Å²) in [5.74, 6) is -1.39. The van der Waals surface area contributed by atoms with Crippen molar-refractivity contribution in [3.05, 3.63) is 96.1 Å². The van der Waals surface area contributed by atoms with E-state index in [1.54, 1.807) is 30.3 Å². The van der Waals surface area contributed by atoms with Gasteiger partial charge in [0.2, 0.25) is 6.10 Å². The number of urea groups is 1. The van der Waals surface area contributed by atoms with Crippen molar-refractivity contribution in [1.29, 1.82) is 0 Å². The zero-order chi connectivity index (χ0) is 20.6. The third-order valence-electron chi connectivity index (χ3n) is 4.25. The molecule has 0 saturated carbocycles. The first kappa shape index (κ1) is 19.8. The molecule has 0 radical (unpaired) electrons. The van der Waals surface area contributed by atoms with E-state index in [1.807, 2.05) is 59.9 Å². The maximum Gasteiger partial charge on any atom is 0.318 e. The molecule has 3 aromatic rings. The quantitative estimate of drug-likeness (QED) is 0.633. The highest BCUT2D eigenvalue weighted by Crippen LogP contribution is 2.21. The highest BCUT2D eigenvalue weighted by atomic mass is 16.5. The van der Waals surface area contributed by atoms with E-state index in [0.717, 1.165) is 16.7 Å². The van der Waals surface area contributed by atoms with Gasteiger partial charge in [-0.1, -0.05) is 84.9 Å². The lowest BCUT2D eigenvalue weighted by atomic mass is 10.0. The van der Waals surface area contributed by atoms with Crippen LogP contribution >= 0.6 is 0 Å². The Morgan fingerprint density at radius 1 is 0.793 bits per heavy atom. The fourth-order valence-electron chi connectivity index (χ4n) is 2.87. The van der Waals surface area contributed by atoms with Crippen molar-refractivity contribution in [2.45, 2.75) is 12.5 Å². The van der Waals surface area contributed by atoms with Gasteiger partial charge in [-0.3, -0.25) is 14.9 Å². The molecular weight excluding hydrogens is 368 g/mol. The molecule has 3 aromatic carbocycles. The molecule has 0 unspecified atom stereocenters. The zero-order valence-corrected chi connectivity index (χ0v) is 15.6. The van der Waals surface area contributed by atoms with Gasteiger partial charge in [0.1, 0.15) is 0 Å². The lowest BCUT2D eigenvalue weighted by Gasteiger charge is -2.17. The van der Waals surface area contributed by atoms with Gasteiger partial charge in [0.05, 0.1) is 6.42 Å². The van der Waals surface area contributed by atoms with Crippen LogP contribution in [-0.4, -0.2) is 17.9 Å². The first-order chi connectivity index (χ1) is 14.0. The van der Waals surface area contributed by atoms with Gasteiger partial charge in [0.15, 0.2) is 0 Å². The summed E-state index contributed by atoms with van der Waals surface area (Å²) in [5.41, 5.74) is 8.32. The summed E-state index contributed by atoms with van der Waals surface area (Å²) < 4.78 is 5.36. The Hall–Kier alpha value is -3.93. The van der Waals surface area contributed by atoms with Crippen LogP contribution in [0.3, 0.4) is 0 Å². The number of nitrogens with two attached hydrogens (primary N) is 1. The Balaban J connectivity index is 1.70. The fourth-order valence-corrected chi connectivity index (χ4v) is 2.87. The smallest absolute Gasteiger partial charge is 0.318 e. The van der Waals surface area contributed by atoms with E-state index >= 15 is 0 Å². The van der Waals surface area contributed by atoms with E-state index < -0.39 is 24.0 Å². The molecule has 0 aliphatic heterocycles. The van der Waals surface area contributed by atoms with E-state index in [0.29, 0.717) is 5.56 Å². The molecule has 3 rings (SSSR count). The van der Waals surface area contributed by atoms with Crippen LogP contribution in [0.1, 0.15) is 17.2 Å². The van der Waals surface area contributed by atoms with Gasteiger partial charge in [-0.2, -0.15) is 0 Å². The molecular formula is C23H20N2O4. The molecule has 1 atom stereocenters. The second kappa shape index (κ2) is 9.32. The number of hydrogen-bond acceptors (Lipinski definition) is 4. The number of carbonyl (C=O) groups excluding carboxylic acids is 3. The van der Waals surface area contributed by atoms with E-state index in [-0.39, 0.29) is 6.42 Å². The molecule has 0 aliphatic carbocycles. The minimum atomic E-state index is -1.26. The van der Waals surface area contributed by atoms with Crippen molar-refractivity contribution < 1.29 is 19.1 Å². The molecule has 0 fully saturated rings. The molecule has 6 heteroatoms. The van der Waals surface area contributed by atoms with Gasteiger partial charge in [-0.05, 0) is 16.7 Å². The molecule has 0 saturated heterocycles. The van der Waals surface area contributed by atoms with E-state index in [9.17, 15) is 14.4 Å². The Bertz CT molecular complexity index is 986. The van der Waals surface area contributed by atoms with Crippen LogP contribution < -0.4 is 11.1 Å². The van der Waals surface area contributed by atoms with Gasteiger partial charge in [-0.25, -0.2) is 4.79 Å². The summed E-state index contributed by atoms with van der Waals surface area (Å²) in [4.78, 5) is 35.7. The van der Waals surface area contributed by atoms with Crippen molar-refractivity contribution >= 4 is 17.9 Å². The summed E-state index contributed by atoms with van der Waals surface area (Å²) >= 11 is 0. The van der Waals surface area contributed by atoms with Crippen LogP contribution in [0.25, 0.3) is 11.1 Å². The number of rotatable bonds is 6. The highest BCUT2D eigenvalue weighted by molar-refractivity contribution is 5.97. The van der Waals surface area contributed by atoms with Crippen LogP contribution in [0.15, 0.2) is 84.9 Å².